The van der Waals surface area contributed by atoms with Crippen LogP contribution >= 0.6 is 22.7 Å². The zero-order chi connectivity index (χ0) is 15.5. The minimum Gasteiger partial charge on any atom is -0.292 e. The van der Waals surface area contributed by atoms with Crippen molar-refractivity contribution in [3.63, 3.8) is 0 Å². The van der Waals surface area contributed by atoms with Gasteiger partial charge >= 0.3 is 0 Å². The van der Waals surface area contributed by atoms with Crippen molar-refractivity contribution < 1.29 is 4.79 Å². The van der Waals surface area contributed by atoms with Gasteiger partial charge in [0, 0.05) is 40.0 Å². The summed E-state index contributed by atoms with van der Waals surface area (Å²) in [6, 6.07) is 8.58. The first-order valence-corrected chi connectivity index (χ1v) is 9.16. The molecular formula is C18H19NOS2. The molecular weight excluding hydrogens is 310 g/mol. The highest BCUT2D eigenvalue weighted by Gasteiger charge is 2.27. The van der Waals surface area contributed by atoms with Gasteiger partial charge in [-0.05, 0) is 48.9 Å². The predicted octanol–water partition coefficient (Wildman–Crippen LogP) is 4.57. The van der Waals surface area contributed by atoms with E-state index in [0.29, 0.717) is 6.04 Å². The first-order valence-electron chi connectivity index (χ1n) is 7.40. The standard InChI is InChI=1S/C18H19NOS2/c1-13(2)19-11-14(9-16-5-3-7-21-16)18(20)15(12-19)10-17-6-4-8-22-17/h3-10,13H,11-12H2,1-2H3/b14-9+,15-10+. The molecule has 0 aliphatic carbocycles. The summed E-state index contributed by atoms with van der Waals surface area (Å²) in [4.78, 5) is 17.4. The van der Waals surface area contributed by atoms with Gasteiger partial charge < -0.3 is 0 Å². The Balaban J connectivity index is 1.95. The number of nitrogens with zero attached hydrogens (tertiary/aromatic N) is 1. The van der Waals surface area contributed by atoms with Crippen LogP contribution in [0, 0.1) is 0 Å². The van der Waals surface area contributed by atoms with Gasteiger partial charge in [0.1, 0.15) is 0 Å². The summed E-state index contributed by atoms with van der Waals surface area (Å²) in [6.07, 6.45) is 4.09. The van der Waals surface area contributed by atoms with Crippen LogP contribution in [0.2, 0.25) is 0 Å². The molecule has 1 aliphatic heterocycles. The normalized spacial score (nSPS) is 20.4. The molecule has 1 fully saturated rings. The van der Waals surface area contributed by atoms with Crippen molar-refractivity contribution in [3.8, 4) is 0 Å². The summed E-state index contributed by atoms with van der Waals surface area (Å²) < 4.78 is 0. The Morgan fingerprint density at radius 2 is 1.50 bits per heavy atom. The molecule has 3 heterocycles. The molecule has 4 heteroatoms. The number of piperidine rings is 1. The monoisotopic (exact) mass is 329 g/mol. The van der Waals surface area contributed by atoms with Crippen molar-refractivity contribution in [3.05, 3.63) is 55.9 Å². The Morgan fingerprint density at radius 1 is 1.00 bits per heavy atom. The number of Topliss-reactive ketones (excluding diaryl/α,β-unsaturated/α-hetero) is 1. The Hall–Kier alpha value is -1.49. The fourth-order valence-corrected chi connectivity index (χ4v) is 3.88. The fraction of sp³-hybridized carbons (Fsp3) is 0.278. The molecule has 1 saturated heterocycles. The van der Waals surface area contributed by atoms with E-state index in [0.717, 1.165) is 34.0 Å². The maximum absolute atomic E-state index is 12.8. The number of thiophene rings is 2. The predicted molar refractivity (Wildman–Crippen MR) is 96.3 cm³/mol. The van der Waals surface area contributed by atoms with E-state index in [2.05, 4.69) is 30.9 Å². The van der Waals surface area contributed by atoms with Gasteiger partial charge in [0.25, 0.3) is 0 Å². The lowest BCUT2D eigenvalue weighted by Crippen LogP contribution is -2.41. The number of rotatable bonds is 3. The third kappa shape index (κ3) is 3.46. The molecule has 0 spiro atoms. The SMILES string of the molecule is CC(C)N1C/C(=C\c2cccs2)C(=O)/C(=C/c2cccs2)C1. The minimum absolute atomic E-state index is 0.193. The summed E-state index contributed by atoms with van der Waals surface area (Å²) >= 11 is 3.34. The van der Waals surface area contributed by atoms with Crippen LogP contribution in [0.15, 0.2) is 46.2 Å². The van der Waals surface area contributed by atoms with Crippen molar-refractivity contribution in [1.82, 2.24) is 4.90 Å². The molecule has 0 bridgehead atoms. The first kappa shape index (κ1) is 15.4. The Bertz CT molecular complexity index is 637. The summed E-state index contributed by atoms with van der Waals surface area (Å²) in [7, 11) is 0. The Morgan fingerprint density at radius 3 is 1.86 bits per heavy atom. The van der Waals surface area contributed by atoms with Crippen LogP contribution in [-0.2, 0) is 4.79 Å². The van der Waals surface area contributed by atoms with Gasteiger partial charge in [0.05, 0.1) is 0 Å². The first-order chi connectivity index (χ1) is 10.6. The maximum atomic E-state index is 12.8. The summed E-state index contributed by atoms with van der Waals surface area (Å²) in [5, 5.41) is 4.09. The number of carbonyl (C=O) groups is 1. The zero-order valence-corrected chi connectivity index (χ0v) is 14.4. The average Bonchev–Trinajstić information content (AvgIpc) is 3.16. The van der Waals surface area contributed by atoms with Gasteiger partial charge in [-0.25, -0.2) is 0 Å². The lowest BCUT2D eigenvalue weighted by Gasteiger charge is -2.32. The second kappa shape index (κ2) is 6.73. The summed E-state index contributed by atoms with van der Waals surface area (Å²) in [5.41, 5.74) is 1.79. The fourth-order valence-electron chi connectivity index (χ4n) is 2.52. The molecule has 1 aliphatic rings. The Labute approximate surface area is 139 Å². The van der Waals surface area contributed by atoms with Gasteiger partial charge in [-0.3, -0.25) is 9.69 Å². The van der Waals surface area contributed by atoms with Crippen LogP contribution in [0.4, 0.5) is 0 Å². The number of carbonyl (C=O) groups excluding carboxylic acids is 1. The highest BCUT2D eigenvalue weighted by atomic mass is 32.1. The molecule has 0 saturated carbocycles. The van der Waals surface area contributed by atoms with Crippen molar-refractivity contribution in [2.24, 2.45) is 0 Å². The van der Waals surface area contributed by atoms with Gasteiger partial charge in [0.2, 0.25) is 0 Å². The van der Waals surface area contributed by atoms with E-state index in [9.17, 15) is 4.79 Å². The topological polar surface area (TPSA) is 20.3 Å². The molecule has 0 N–H and O–H groups in total. The van der Waals surface area contributed by atoms with Gasteiger partial charge in [-0.1, -0.05) is 12.1 Å². The Kier molecular flexibility index (Phi) is 4.71. The van der Waals surface area contributed by atoms with Gasteiger partial charge in [-0.2, -0.15) is 0 Å². The number of hydrogen-bond donors (Lipinski definition) is 0. The van der Waals surface area contributed by atoms with Crippen LogP contribution in [0.3, 0.4) is 0 Å². The van der Waals surface area contributed by atoms with E-state index in [-0.39, 0.29) is 5.78 Å². The van der Waals surface area contributed by atoms with Crippen molar-refractivity contribution >= 4 is 40.6 Å². The van der Waals surface area contributed by atoms with Crippen molar-refractivity contribution in [2.45, 2.75) is 19.9 Å². The third-order valence-electron chi connectivity index (χ3n) is 3.78. The smallest absolute Gasteiger partial charge is 0.187 e. The second-order valence-corrected chi connectivity index (χ2v) is 7.66. The number of ketones is 1. The van der Waals surface area contributed by atoms with E-state index in [1.54, 1.807) is 22.7 Å². The largest absolute Gasteiger partial charge is 0.292 e. The van der Waals surface area contributed by atoms with E-state index < -0.39 is 0 Å². The van der Waals surface area contributed by atoms with E-state index in [1.807, 2.05) is 35.0 Å². The molecule has 3 rings (SSSR count). The van der Waals surface area contributed by atoms with Crippen LogP contribution < -0.4 is 0 Å². The molecule has 0 amide bonds. The van der Waals surface area contributed by atoms with Crippen LogP contribution in [-0.4, -0.2) is 29.8 Å². The summed E-state index contributed by atoms with van der Waals surface area (Å²) in [5.74, 6) is 0.193. The zero-order valence-electron chi connectivity index (χ0n) is 12.8. The van der Waals surface area contributed by atoms with Crippen LogP contribution in [0.25, 0.3) is 12.2 Å². The molecule has 0 unspecified atom stereocenters. The lowest BCUT2D eigenvalue weighted by atomic mass is 9.95. The van der Waals surface area contributed by atoms with Crippen molar-refractivity contribution in [2.75, 3.05) is 13.1 Å². The van der Waals surface area contributed by atoms with Crippen LogP contribution in [0.5, 0.6) is 0 Å². The maximum Gasteiger partial charge on any atom is 0.187 e. The van der Waals surface area contributed by atoms with Gasteiger partial charge in [0.15, 0.2) is 5.78 Å². The molecule has 0 aromatic carbocycles. The summed E-state index contributed by atoms with van der Waals surface area (Å²) in [6.45, 7) is 5.83. The number of hydrogen-bond acceptors (Lipinski definition) is 4. The minimum atomic E-state index is 0.193. The third-order valence-corrected chi connectivity index (χ3v) is 5.42. The van der Waals surface area contributed by atoms with Crippen LogP contribution in [0.1, 0.15) is 23.6 Å². The molecule has 0 atom stereocenters. The number of likely N-dealkylation sites (tertiary alicyclic amines) is 1. The second-order valence-electron chi connectivity index (χ2n) is 5.70. The molecule has 2 aromatic rings. The molecule has 2 aromatic heterocycles. The van der Waals surface area contributed by atoms with Crippen molar-refractivity contribution in [1.29, 1.82) is 0 Å². The quantitative estimate of drug-likeness (QED) is 0.769. The highest BCUT2D eigenvalue weighted by Crippen LogP contribution is 2.25. The average molecular weight is 329 g/mol. The molecule has 114 valence electrons. The molecule has 22 heavy (non-hydrogen) atoms. The van der Waals surface area contributed by atoms with E-state index >= 15 is 0 Å². The lowest BCUT2D eigenvalue weighted by molar-refractivity contribution is -0.113. The van der Waals surface area contributed by atoms with E-state index in [4.69, 9.17) is 0 Å². The highest BCUT2D eigenvalue weighted by molar-refractivity contribution is 7.11. The molecule has 2 nitrogen and oxygen atoms in total. The van der Waals surface area contributed by atoms with E-state index in [1.165, 1.54) is 0 Å². The molecule has 0 radical (unpaired) electrons. The van der Waals surface area contributed by atoms with Gasteiger partial charge in [-0.15, -0.1) is 22.7 Å².